The van der Waals surface area contributed by atoms with E-state index in [0.29, 0.717) is 6.54 Å². The third-order valence-corrected chi connectivity index (χ3v) is 5.80. The Kier molecular flexibility index (Phi) is 7.97. The first-order chi connectivity index (χ1) is 14.5. The van der Waals surface area contributed by atoms with Crippen molar-refractivity contribution in [2.75, 3.05) is 26.7 Å². The van der Waals surface area contributed by atoms with Crippen LogP contribution in [0.25, 0.3) is 5.70 Å². The molecule has 3 rings (SSSR count). The summed E-state index contributed by atoms with van der Waals surface area (Å²) in [6.45, 7) is 6.56. The predicted octanol–water partition coefficient (Wildman–Crippen LogP) is 5.40. The molecule has 1 aliphatic heterocycles. The Balaban J connectivity index is 1.71. The largest absolute Gasteiger partial charge is 0.497 e. The van der Waals surface area contributed by atoms with Gasteiger partial charge in [-0.25, -0.2) is 0 Å². The number of methoxy groups -OCH3 is 1. The van der Waals surface area contributed by atoms with E-state index in [4.69, 9.17) is 16.3 Å². The summed E-state index contributed by atoms with van der Waals surface area (Å²) in [7, 11) is 1.64. The van der Waals surface area contributed by atoms with Gasteiger partial charge in [-0.3, -0.25) is 4.90 Å². The van der Waals surface area contributed by atoms with Crippen molar-refractivity contribution in [3.8, 4) is 5.75 Å². The molecule has 160 valence electrons. The second-order valence-electron chi connectivity index (χ2n) is 7.67. The van der Waals surface area contributed by atoms with Crippen molar-refractivity contribution in [3.63, 3.8) is 0 Å². The van der Waals surface area contributed by atoms with Crippen molar-refractivity contribution < 1.29 is 9.84 Å². The summed E-state index contributed by atoms with van der Waals surface area (Å²) in [6, 6.07) is 15.6. The highest BCUT2D eigenvalue weighted by Crippen LogP contribution is 2.26. The van der Waals surface area contributed by atoms with E-state index in [2.05, 4.69) is 30.1 Å². The zero-order chi connectivity index (χ0) is 21.5. The molecule has 0 amide bonds. The molecular formula is C25H31ClN2O2. The number of ether oxygens (including phenoxy) is 1. The lowest BCUT2D eigenvalue weighted by Gasteiger charge is -2.32. The lowest BCUT2D eigenvalue weighted by atomic mass is 10.0. The number of rotatable bonds is 8. The minimum Gasteiger partial charge on any atom is -0.497 e. The van der Waals surface area contributed by atoms with Gasteiger partial charge in [-0.2, -0.15) is 0 Å². The number of halogens is 1. The molecule has 5 heteroatoms. The predicted molar refractivity (Wildman–Crippen MR) is 125 cm³/mol. The number of benzene rings is 2. The maximum Gasteiger partial charge on any atom is 0.119 e. The topological polar surface area (TPSA) is 44.7 Å². The molecule has 2 aromatic rings. The number of aliphatic hydroxyl groups excluding tert-OH is 1. The molecule has 2 N–H and O–H groups in total. The van der Waals surface area contributed by atoms with Crippen molar-refractivity contribution in [1.29, 1.82) is 0 Å². The smallest absolute Gasteiger partial charge is 0.119 e. The van der Waals surface area contributed by atoms with Crippen LogP contribution in [0.1, 0.15) is 43.9 Å². The van der Waals surface area contributed by atoms with Crippen molar-refractivity contribution >= 4 is 17.3 Å². The summed E-state index contributed by atoms with van der Waals surface area (Å²) in [5.41, 5.74) is 5.44. The van der Waals surface area contributed by atoms with Gasteiger partial charge in [0.25, 0.3) is 0 Å². The van der Waals surface area contributed by atoms with E-state index in [0.717, 1.165) is 53.5 Å². The van der Waals surface area contributed by atoms with Gasteiger partial charge in [0.2, 0.25) is 0 Å². The van der Waals surface area contributed by atoms with Gasteiger partial charge in [-0.05, 0) is 43.5 Å². The van der Waals surface area contributed by atoms with Gasteiger partial charge in [-0.15, -0.1) is 0 Å². The zero-order valence-electron chi connectivity index (χ0n) is 18.0. The molecular weight excluding hydrogens is 396 g/mol. The van der Waals surface area contributed by atoms with Crippen molar-refractivity contribution in [2.24, 2.45) is 0 Å². The summed E-state index contributed by atoms with van der Waals surface area (Å²) >= 11 is 6.45. The monoisotopic (exact) mass is 426 g/mol. The molecule has 0 bridgehead atoms. The Hall–Kier alpha value is -2.27. The highest BCUT2D eigenvalue weighted by molar-refractivity contribution is 6.32. The third-order valence-electron chi connectivity index (χ3n) is 5.47. The number of β-amino-alcohol motifs (C(OH)–C–C–N with tert-alkyl or cyclic N) is 1. The van der Waals surface area contributed by atoms with Crippen molar-refractivity contribution in [1.82, 2.24) is 10.2 Å². The van der Waals surface area contributed by atoms with Crippen LogP contribution in [0.2, 0.25) is 5.02 Å². The quantitative estimate of drug-likeness (QED) is 0.593. The molecule has 0 saturated heterocycles. The summed E-state index contributed by atoms with van der Waals surface area (Å²) in [5, 5.41) is 15.1. The van der Waals surface area contributed by atoms with E-state index in [1.54, 1.807) is 7.11 Å². The van der Waals surface area contributed by atoms with Crippen LogP contribution in [-0.2, 0) is 0 Å². The van der Waals surface area contributed by atoms with Crippen LogP contribution in [0, 0.1) is 0 Å². The number of nitrogens with one attached hydrogen (secondary N) is 1. The van der Waals surface area contributed by atoms with E-state index in [-0.39, 0.29) is 0 Å². The molecule has 0 aromatic heterocycles. The number of hydrogen-bond acceptors (Lipinski definition) is 4. The zero-order valence-corrected chi connectivity index (χ0v) is 18.7. The van der Waals surface area contributed by atoms with Gasteiger partial charge >= 0.3 is 0 Å². The molecule has 0 saturated carbocycles. The Morgan fingerprint density at radius 2 is 2.07 bits per heavy atom. The molecule has 4 nitrogen and oxygen atoms in total. The second kappa shape index (κ2) is 10.7. The van der Waals surface area contributed by atoms with Crippen LogP contribution in [0.15, 0.2) is 65.9 Å². The molecule has 0 aliphatic carbocycles. The molecule has 0 spiro atoms. The minimum absolute atomic E-state index is 0.561. The van der Waals surface area contributed by atoms with Gasteiger partial charge in [0.1, 0.15) is 5.75 Å². The van der Waals surface area contributed by atoms with Crippen LogP contribution >= 0.6 is 11.6 Å². The van der Waals surface area contributed by atoms with Gasteiger partial charge in [0, 0.05) is 41.6 Å². The highest BCUT2D eigenvalue weighted by atomic mass is 35.5. The highest BCUT2D eigenvalue weighted by Gasteiger charge is 2.21. The van der Waals surface area contributed by atoms with Crippen molar-refractivity contribution in [2.45, 2.75) is 32.8 Å². The van der Waals surface area contributed by atoms with Crippen LogP contribution in [0.4, 0.5) is 0 Å². The Morgan fingerprint density at radius 1 is 1.27 bits per heavy atom. The average Bonchev–Trinajstić information content (AvgIpc) is 2.76. The lowest BCUT2D eigenvalue weighted by molar-refractivity contribution is 0.115. The first-order valence-electron chi connectivity index (χ1n) is 10.5. The SMILES string of the molecule is CC/C=C(/NC1=C(C)CCN(CC(O)c2cccc(OC)c2)C1)c1ccccc1Cl. The number of nitrogens with zero attached hydrogens (tertiary/aromatic N) is 1. The first-order valence-corrected chi connectivity index (χ1v) is 10.8. The maximum absolute atomic E-state index is 10.8. The van der Waals surface area contributed by atoms with Crippen LogP contribution in [0.5, 0.6) is 5.75 Å². The van der Waals surface area contributed by atoms with E-state index >= 15 is 0 Å². The van der Waals surface area contributed by atoms with Gasteiger partial charge < -0.3 is 15.2 Å². The number of allylic oxidation sites excluding steroid dienone is 1. The summed E-state index contributed by atoms with van der Waals surface area (Å²) in [4.78, 5) is 2.29. The van der Waals surface area contributed by atoms with Crippen LogP contribution in [-0.4, -0.2) is 36.8 Å². The molecule has 1 atom stereocenters. The molecule has 0 fully saturated rings. The summed E-state index contributed by atoms with van der Waals surface area (Å²) < 4.78 is 5.29. The van der Waals surface area contributed by atoms with E-state index < -0.39 is 6.10 Å². The molecule has 1 unspecified atom stereocenters. The Morgan fingerprint density at radius 3 is 2.80 bits per heavy atom. The molecule has 2 aromatic carbocycles. The molecule has 1 aliphatic rings. The molecule has 0 radical (unpaired) electrons. The van der Waals surface area contributed by atoms with Gasteiger partial charge in [0.05, 0.1) is 13.2 Å². The number of aliphatic hydroxyl groups is 1. The summed E-state index contributed by atoms with van der Waals surface area (Å²) in [5.74, 6) is 0.761. The molecule has 1 heterocycles. The molecule has 30 heavy (non-hydrogen) atoms. The van der Waals surface area contributed by atoms with Crippen molar-refractivity contribution in [3.05, 3.63) is 82.0 Å². The Bertz CT molecular complexity index is 923. The number of hydrogen-bond donors (Lipinski definition) is 2. The van der Waals surface area contributed by atoms with Crippen LogP contribution < -0.4 is 10.1 Å². The van der Waals surface area contributed by atoms with E-state index in [1.807, 2.05) is 48.5 Å². The first kappa shape index (κ1) is 22.4. The van der Waals surface area contributed by atoms with Gasteiger partial charge in [-0.1, -0.05) is 60.5 Å². The second-order valence-corrected chi connectivity index (χ2v) is 8.07. The fourth-order valence-electron chi connectivity index (χ4n) is 3.69. The fraction of sp³-hybridized carbons (Fsp3) is 0.360. The van der Waals surface area contributed by atoms with Gasteiger partial charge in [0.15, 0.2) is 0 Å². The van der Waals surface area contributed by atoms with E-state index in [1.165, 1.54) is 11.3 Å². The van der Waals surface area contributed by atoms with Crippen LogP contribution in [0.3, 0.4) is 0 Å². The minimum atomic E-state index is -0.561. The average molecular weight is 427 g/mol. The third kappa shape index (κ3) is 5.66. The fourth-order valence-corrected chi connectivity index (χ4v) is 3.93. The maximum atomic E-state index is 10.8. The standard InChI is InChI=1S/C25H31ClN2O2/c1-4-8-23(21-11-5-6-12-22(21)26)27-24-16-28(14-13-18(24)2)17-25(29)19-9-7-10-20(15-19)30-3/h5-12,15,25,27,29H,4,13-14,16-17H2,1-3H3/b23-8+. The van der Waals surface area contributed by atoms with E-state index in [9.17, 15) is 5.11 Å². The summed E-state index contributed by atoms with van der Waals surface area (Å²) in [6.07, 6.45) is 3.49. The lowest BCUT2D eigenvalue weighted by Crippen LogP contribution is -2.38. The normalized spacial score (nSPS) is 16.5. The Labute approximate surface area is 184 Å².